The average molecular weight is 302 g/mol. The third-order valence-electron chi connectivity index (χ3n) is 5.16. The fourth-order valence-electron chi connectivity index (χ4n) is 3.88. The Kier molecular flexibility index (Phi) is 6.12. The van der Waals surface area contributed by atoms with E-state index in [4.69, 9.17) is 0 Å². The standard InChI is InChI=1S/C15H27N3O.ClH/c19-15(11-13-3-1-2-4-13)18-9-7-17(8-10-18)14-5-6-16-12-14;/h13-14,16H,1-12H2;1H. The largest absolute Gasteiger partial charge is 0.340 e. The molecule has 0 aromatic rings. The van der Waals surface area contributed by atoms with Gasteiger partial charge in [0.05, 0.1) is 0 Å². The molecule has 20 heavy (non-hydrogen) atoms. The summed E-state index contributed by atoms with van der Waals surface area (Å²) in [5, 5.41) is 3.43. The highest BCUT2D eigenvalue weighted by Gasteiger charge is 2.28. The molecule has 0 radical (unpaired) electrons. The Balaban J connectivity index is 0.00000147. The Morgan fingerprint density at radius 2 is 1.75 bits per heavy atom. The van der Waals surface area contributed by atoms with Crippen molar-refractivity contribution in [3.63, 3.8) is 0 Å². The van der Waals surface area contributed by atoms with Gasteiger partial charge in [-0.05, 0) is 31.7 Å². The van der Waals surface area contributed by atoms with Crippen molar-refractivity contribution in [2.45, 2.75) is 44.6 Å². The molecule has 3 aliphatic rings. The number of nitrogens with one attached hydrogen (secondary N) is 1. The molecule has 4 nitrogen and oxygen atoms in total. The summed E-state index contributed by atoms with van der Waals surface area (Å²) in [7, 11) is 0. The Hall–Kier alpha value is -0.320. The fourth-order valence-corrected chi connectivity index (χ4v) is 3.88. The molecule has 2 heterocycles. The van der Waals surface area contributed by atoms with Gasteiger partial charge in [-0.25, -0.2) is 0 Å². The zero-order valence-corrected chi connectivity index (χ0v) is 13.2. The molecule has 0 aromatic heterocycles. The minimum atomic E-state index is 0. The molecular formula is C15H28ClN3O. The number of hydrogen-bond donors (Lipinski definition) is 1. The zero-order chi connectivity index (χ0) is 13.1. The Bertz CT molecular complexity index is 306. The van der Waals surface area contributed by atoms with E-state index in [1.54, 1.807) is 0 Å². The van der Waals surface area contributed by atoms with Crippen molar-refractivity contribution in [3.8, 4) is 0 Å². The minimum Gasteiger partial charge on any atom is -0.340 e. The van der Waals surface area contributed by atoms with Crippen LogP contribution in [0.15, 0.2) is 0 Å². The number of rotatable bonds is 3. The van der Waals surface area contributed by atoms with Crippen molar-refractivity contribution in [1.29, 1.82) is 0 Å². The monoisotopic (exact) mass is 301 g/mol. The van der Waals surface area contributed by atoms with Crippen molar-refractivity contribution in [3.05, 3.63) is 0 Å². The molecule has 1 unspecified atom stereocenters. The van der Waals surface area contributed by atoms with Crippen LogP contribution in [0.5, 0.6) is 0 Å². The van der Waals surface area contributed by atoms with E-state index in [0.717, 1.165) is 45.7 Å². The SMILES string of the molecule is Cl.O=C(CC1CCCC1)N1CCN(C2CCNC2)CC1. The van der Waals surface area contributed by atoms with Gasteiger partial charge in [-0.1, -0.05) is 12.8 Å². The number of amides is 1. The van der Waals surface area contributed by atoms with E-state index in [1.165, 1.54) is 32.1 Å². The van der Waals surface area contributed by atoms with Crippen molar-refractivity contribution in [2.24, 2.45) is 5.92 Å². The fraction of sp³-hybridized carbons (Fsp3) is 0.933. The zero-order valence-electron chi connectivity index (χ0n) is 12.4. The second kappa shape index (κ2) is 7.62. The van der Waals surface area contributed by atoms with Gasteiger partial charge in [0.2, 0.25) is 5.91 Å². The van der Waals surface area contributed by atoms with E-state index in [1.807, 2.05) is 0 Å². The molecule has 3 fully saturated rings. The lowest BCUT2D eigenvalue weighted by Gasteiger charge is -2.38. The van der Waals surface area contributed by atoms with Crippen LogP contribution in [0.1, 0.15) is 38.5 Å². The number of carbonyl (C=O) groups is 1. The van der Waals surface area contributed by atoms with Crippen LogP contribution in [0.25, 0.3) is 0 Å². The summed E-state index contributed by atoms with van der Waals surface area (Å²) in [5.74, 6) is 1.10. The highest BCUT2D eigenvalue weighted by molar-refractivity contribution is 5.85. The Morgan fingerprint density at radius 1 is 1.05 bits per heavy atom. The lowest BCUT2D eigenvalue weighted by Crippen LogP contribution is -2.52. The van der Waals surface area contributed by atoms with Crippen molar-refractivity contribution in [2.75, 3.05) is 39.3 Å². The highest BCUT2D eigenvalue weighted by Crippen LogP contribution is 2.28. The molecule has 0 spiro atoms. The smallest absolute Gasteiger partial charge is 0.222 e. The number of nitrogens with zero attached hydrogens (tertiary/aromatic N) is 2. The molecule has 1 saturated carbocycles. The molecule has 1 amide bonds. The third kappa shape index (κ3) is 3.86. The Labute approximate surface area is 128 Å². The molecule has 3 rings (SSSR count). The van der Waals surface area contributed by atoms with E-state index in [9.17, 15) is 4.79 Å². The van der Waals surface area contributed by atoms with E-state index >= 15 is 0 Å². The van der Waals surface area contributed by atoms with Crippen molar-refractivity contribution >= 4 is 18.3 Å². The number of halogens is 1. The molecular weight excluding hydrogens is 274 g/mol. The summed E-state index contributed by atoms with van der Waals surface area (Å²) in [5.41, 5.74) is 0. The first-order valence-electron chi connectivity index (χ1n) is 8.05. The molecule has 1 N–H and O–H groups in total. The normalized spacial score (nSPS) is 28.6. The molecule has 116 valence electrons. The van der Waals surface area contributed by atoms with Crippen molar-refractivity contribution in [1.82, 2.24) is 15.1 Å². The predicted molar refractivity (Wildman–Crippen MR) is 83.3 cm³/mol. The molecule has 5 heteroatoms. The maximum Gasteiger partial charge on any atom is 0.222 e. The summed E-state index contributed by atoms with van der Waals surface area (Å²) in [6.07, 6.45) is 7.31. The van der Waals surface area contributed by atoms with Gasteiger partial charge < -0.3 is 10.2 Å². The number of hydrogen-bond acceptors (Lipinski definition) is 3. The summed E-state index contributed by atoms with van der Waals surface area (Å²) in [6, 6.07) is 0.715. The van der Waals surface area contributed by atoms with Crippen LogP contribution >= 0.6 is 12.4 Å². The summed E-state index contributed by atoms with van der Waals surface area (Å²) in [6.45, 7) is 6.33. The molecule has 1 atom stereocenters. The van der Waals surface area contributed by atoms with Crippen molar-refractivity contribution < 1.29 is 4.79 Å². The van der Waals surface area contributed by atoms with Gasteiger partial charge >= 0.3 is 0 Å². The quantitative estimate of drug-likeness (QED) is 0.858. The Morgan fingerprint density at radius 3 is 2.35 bits per heavy atom. The predicted octanol–water partition coefficient (Wildman–Crippen LogP) is 1.49. The van der Waals surface area contributed by atoms with E-state index in [-0.39, 0.29) is 12.4 Å². The minimum absolute atomic E-state index is 0. The van der Waals surface area contributed by atoms with E-state index in [2.05, 4.69) is 15.1 Å². The first kappa shape index (κ1) is 16.1. The second-order valence-electron chi connectivity index (χ2n) is 6.42. The van der Waals surface area contributed by atoms with E-state index in [0.29, 0.717) is 17.9 Å². The van der Waals surface area contributed by atoms with Crippen LogP contribution in [0, 0.1) is 5.92 Å². The molecule has 0 aromatic carbocycles. The molecule has 2 saturated heterocycles. The maximum atomic E-state index is 12.3. The lowest BCUT2D eigenvalue weighted by atomic mass is 10.0. The second-order valence-corrected chi connectivity index (χ2v) is 6.42. The summed E-state index contributed by atoms with van der Waals surface area (Å²) >= 11 is 0. The van der Waals surface area contributed by atoms with Gasteiger partial charge in [-0.3, -0.25) is 9.69 Å². The number of carbonyl (C=O) groups excluding carboxylic acids is 1. The van der Waals surface area contributed by atoms with Crippen LogP contribution in [0.2, 0.25) is 0 Å². The van der Waals surface area contributed by atoms with Gasteiger partial charge in [0.25, 0.3) is 0 Å². The van der Waals surface area contributed by atoms with Crippen LogP contribution < -0.4 is 5.32 Å². The third-order valence-corrected chi connectivity index (χ3v) is 5.16. The van der Waals surface area contributed by atoms with E-state index < -0.39 is 0 Å². The van der Waals surface area contributed by atoms with Crippen LogP contribution in [-0.2, 0) is 4.79 Å². The lowest BCUT2D eigenvalue weighted by molar-refractivity contribution is -0.134. The molecule has 0 bridgehead atoms. The van der Waals surface area contributed by atoms with Crippen LogP contribution in [0.4, 0.5) is 0 Å². The van der Waals surface area contributed by atoms with Gasteiger partial charge in [0.1, 0.15) is 0 Å². The van der Waals surface area contributed by atoms with Crippen LogP contribution in [0.3, 0.4) is 0 Å². The highest BCUT2D eigenvalue weighted by atomic mass is 35.5. The average Bonchev–Trinajstić information content (AvgIpc) is 3.12. The van der Waals surface area contributed by atoms with Crippen LogP contribution in [-0.4, -0.2) is 61.0 Å². The number of piperazine rings is 1. The van der Waals surface area contributed by atoms with Gasteiger partial charge in [-0.2, -0.15) is 0 Å². The maximum absolute atomic E-state index is 12.3. The first-order chi connectivity index (χ1) is 9.33. The molecule has 2 aliphatic heterocycles. The summed E-state index contributed by atoms with van der Waals surface area (Å²) in [4.78, 5) is 17.0. The topological polar surface area (TPSA) is 35.6 Å². The van der Waals surface area contributed by atoms with Gasteiger partial charge in [0, 0.05) is 45.2 Å². The van der Waals surface area contributed by atoms with Gasteiger partial charge in [-0.15, -0.1) is 12.4 Å². The summed E-state index contributed by atoms with van der Waals surface area (Å²) < 4.78 is 0. The molecule has 1 aliphatic carbocycles. The van der Waals surface area contributed by atoms with Gasteiger partial charge in [0.15, 0.2) is 0 Å². The first-order valence-corrected chi connectivity index (χ1v) is 8.05.